The molecule has 1 fully saturated rings. The molecule has 0 aromatic carbocycles. The van der Waals surface area contributed by atoms with Crippen LogP contribution in [-0.2, 0) is 17.8 Å². The molecule has 1 aliphatic carbocycles. The van der Waals surface area contributed by atoms with Crippen LogP contribution in [0.3, 0.4) is 0 Å². The van der Waals surface area contributed by atoms with Crippen LogP contribution in [0.5, 0.6) is 0 Å². The third-order valence-corrected chi connectivity index (χ3v) is 3.50. The van der Waals surface area contributed by atoms with Gasteiger partial charge >= 0.3 is 0 Å². The molecule has 2 atom stereocenters. The Morgan fingerprint density at radius 3 is 3.00 bits per heavy atom. The van der Waals surface area contributed by atoms with E-state index in [1.165, 1.54) is 0 Å². The fourth-order valence-corrected chi connectivity index (χ4v) is 2.51. The van der Waals surface area contributed by atoms with Crippen LogP contribution in [0.1, 0.15) is 44.6 Å². The quantitative estimate of drug-likeness (QED) is 0.847. The van der Waals surface area contributed by atoms with Gasteiger partial charge in [-0.3, -0.25) is 4.79 Å². The molecule has 19 heavy (non-hydrogen) atoms. The number of rotatable bonds is 5. The summed E-state index contributed by atoms with van der Waals surface area (Å²) in [5.41, 5.74) is 6.60. The van der Waals surface area contributed by atoms with Crippen molar-refractivity contribution in [2.45, 2.75) is 52.1 Å². The van der Waals surface area contributed by atoms with E-state index in [1.54, 1.807) is 0 Å². The van der Waals surface area contributed by atoms with Crippen molar-refractivity contribution < 1.29 is 9.32 Å². The number of carbonyl (C=O) groups excluding carboxylic acids is 1. The van der Waals surface area contributed by atoms with Gasteiger partial charge in [-0.2, -0.15) is 0 Å². The second kappa shape index (κ2) is 6.19. The van der Waals surface area contributed by atoms with Crippen molar-refractivity contribution in [1.29, 1.82) is 0 Å². The fourth-order valence-electron chi connectivity index (χ4n) is 2.51. The molecule has 3 N–H and O–H groups in total. The molecule has 106 valence electrons. The Bertz CT molecular complexity index is 428. The lowest BCUT2D eigenvalue weighted by Gasteiger charge is -2.09. The van der Waals surface area contributed by atoms with E-state index >= 15 is 0 Å². The maximum absolute atomic E-state index is 11.9. The summed E-state index contributed by atoms with van der Waals surface area (Å²) < 4.78 is 5.23. The van der Waals surface area contributed by atoms with Crippen LogP contribution < -0.4 is 11.1 Å². The first-order valence-electron chi connectivity index (χ1n) is 7.02. The van der Waals surface area contributed by atoms with Crippen molar-refractivity contribution in [3.8, 4) is 0 Å². The predicted molar refractivity (Wildman–Crippen MR) is 72.2 cm³/mol. The number of nitrogens with one attached hydrogen (secondary N) is 1. The van der Waals surface area contributed by atoms with Crippen LogP contribution in [0.4, 0.5) is 0 Å². The minimum Gasteiger partial charge on any atom is -0.361 e. The highest BCUT2D eigenvalue weighted by Crippen LogP contribution is 2.24. The molecule has 0 unspecified atom stereocenters. The van der Waals surface area contributed by atoms with Gasteiger partial charge in [-0.1, -0.05) is 19.0 Å². The maximum Gasteiger partial charge on any atom is 0.223 e. The average Bonchev–Trinajstić information content (AvgIpc) is 2.94. The second-order valence-corrected chi connectivity index (χ2v) is 5.87. The third-order valence-electron chi connectivity index (χ3n) is 3.50. The minimum absolute atomic E-state index is 0.0667. The van der Waals surface area contributed by atoms with Crippen molar-refractivity contribution in [3.05, 3.63) is 17.5 Å². The smallest absolute Gasteiger partial charge is 0.223 e. The van der Waals surface area contributed by atoms with Gasteiger partial charge in [0.05, 0.1) is 6.54 Å². The monoisotopic (exact) mass is 265 g/mol. The Kier molecular flexibility index (Phi) is 4.58. The van der Waals surface area contributed by atoms with Gasteiger partial charge in [0.1, 0.15) is 11.5 Å². The molecule has 0 spiro atoms. The summed E-state index contributed by atoms with van der Waals surface area (Å²) in [6, 6.07) is 2.10. The lowest BCUT2D eigenvalue weighted by atomic mass is 10.1. The Labute approximate surface area is 113 Å². The van der Waals surface area contributed by atoms with Crippen molar-refractivity contribution in [2.75, 3.05) is 0 Å². The van der Waals surface area contributed by atoms with Crippen LogP contribution in [0.2, 0.25) is 0 Å². The van der Waals surface area contributed by atoms with Crippen molar-refractivity contribution in [2.24, 2.45) is 17.6 Å². The van der Waals surface area contributed by atoms with Gasteiger partial charge in [-0.15, -0.1) is 0 Å². The SMILES string of the molecule is CC(C)Cc1cc(CNC(=O)[C@H]2CC[C@@H](N)C2)no1. The Morgan fingerprint density at radius 2 is 2.37 bits per heavy atom. The van der Waals surface area contributed by atoms with E-state index in [9.17, 15) is 4.79 Å². The van der Waals surface area contributed by atoms with E-state index < -0.39 is 0 Å². The zero-order valence-corrected chi connectivity index (χ0v) is 11.7. The summed E-state index contributed by atoms with van der Waals surface area (Å²) in [5.74, 6) is 1.57. The standard InChI is InChI=1S/C14H23N3O2/c1-9(2)5-13-7-12(17-19-13)8-16-14(18)10-3-4-11(15)6-10/h7,9-11H,3-6,8,15H2,1-2H3,(H,16,18)/t10-,11+/m0/s1. The van der Waals surface area contributed by atoms with Gasteiger partial charge in [0, 0.05) is 24.4 Å². The van der Waals surface area contributed by atoms with Crippen molar-refractivity contribution in [3.63, 3.8) is 0 Å². The highest BCUT2D eigenvalue weighted by atomic mass is 16.5. The molecule has 5 nitrogen and oxygen atoms in total. The molecule has 2 rings (SSSR count). The highest BCUT2D eigenvalue weighted by Gasteiger charge is 2.27. The normalized spacial score (nSPS) is 22.9. The highest BCUT2D eigenvalue weighted by molar-refractivity contribution is 5.78. The molecule has 1 saturated carbocycles. The summed E-state index contributed by atoms with van der Waals surface area (Å²) in [7, 11) is 0. The summed E-state index contributed by atoms with van der Waals surface area (Å²) in [6.45, 7) is 4.70. The van der Waals surface area contributed by atoms with Crippen molar-refractivity contribution >= 4 is 5.91 Å². The summed E-state index contributed by atoms with van der Waals surface area (Å²) in [5, 5.41) is 6.88. The lowest BCUT2D eigenvalue weighted by Crippen LogP contribution is -2.30. The number of nitrogens with zero attached hydrogens (tertiary/aromatic N) is 1. The van der Waals surface area contributed by atoms with Gasteiger partial charge in [0.15, 0.2) is 0 Å². The molecular weight excluding hydrogens is 242 g/mol. The molecule has 1 aliphatic rings. The van der Waals surface area contributed by atoms with Gasteiger partial charge in [0.25, 0.3) is 0 Å². The molecule has 1 amide bonds. The van der Waals surface area contributed by atoms with E-state index in [0.717, 1.165) is 37.1 Å². The van der Waals surface area contributed by atoms with E-state index in [2.05, 4.69) is 24.3 Å². The molecular formula is C14H23N3O2. The number of hydrogen-bond donors (Lipinski definition) is 2. The maximum atomic E-state index is 11.9. The van der Waals surface area contributed by atoms with Crippen molar-refractivity contribution in [1.82, 2.24) is 10.5 Å². The zero-order valence-electron chi connectivity index (χ0n) is 11.7. The Balaban J connectivity index is 1.78. The van der Waals surface area contributed by atoms with Crippen LogP contribution >= 0.6 is 0 Å². The Morgan fingerprint density at radius 1 is 1.58 bits per heavy atom. The Hall–Kier alpha value is -1.36. The van der Waals surface area contributed by atoms with Gasteiger partial charge < -0.3 is 15.6 Å². The molecule has 0 aliphatic heterocycles. The van der Waals surface area contributed by atoms with Crippen LogP contribution in [0.25, 0.3) is 0 Å². The minimum atomic E-state index is 0.0667. The van der Waals surface area contributed by atoms with E-state index in [4.69, 9.17) is 10.3 Å². The van der Waals surface area contributed by atoms with E-state index in [0.29, 0.717) is 12.5 Å². The van der Waals surface area contributed by atoms with Gasteiger partial charge in [-0.25, -0.2) is 0 Å². The summed E-state index contributed by atoms with van der Waals surface area (Å²) in [4.78, 5) is 11.9. The number of carbonyl (C=O) groups is 1. The molecule has 0 radical (unpaired) electrons. The zero-order chi connectivity index (χ0) is 13.8. The van der Waals surface area contributed by atoms with E-state index in [1.807, 2.05) is 6.07 Å². The molecule has 1 heterocycles. The van der Waals surface area contributed by atoms with Gasteiger partial charge in [0.2, 0.25) is 5.91 Å². The second-order valence-electron chi connectivity index (χ2n) is 5.87. The largest absolute Gasteiger partial charge is 0.361 e. The molecule has 0 saturated heterocycles. The molecule has 5 heteroatoms. The summed E-state index contributed by atoms with van der Waals surface area (Å²) >= 11 is 0. The number of aromatic nitrogens is 1. The number of amides is 1. The molecule has 0 bridgehead atoms. The first-order chi connectivity index (χ1) is 9.04. The van der Waals surface area contributed by atoms with E-state index in [-0.39, 0.29) is 17.9 Å². The first kappa shape index (κ1) is 14.1. The summed E-state index contributed by atoms with van der Waals surface area (Å²) in [6.07, 6.45) is 3.51. The average molecular weight is 265 g/mol. The lowest BCUT2D eigenvalue weighted by molar-refractivity contribution is -0.125. The number of hydrogen-bond acceptors (Lipinski definition) is 4. The topological polar surface area (TPSA) is 81.2 Å². The van der Waals surface area contributed by atoms with Crippen LogP contribution in [-0.4, -0.2) is 17.1 Å². The molecule has 1 aromatic rings. The van der Waals surface area contributed by atoms with Gasteiger partial charge in [-0.05, 0) is 25.2 Å². The molecule has 1 aromatic heterocycles. The predicted octanol–water partition coefficient (Wildman–Crippen LogP) is 1.62. The number of nitrogens with two attached hydrogens (primary N) is 1. The third kappa shape index (κ3) is 4.06. The van der Waals surface area contributed by atoms with Crippen LogP contribution in [0, 0.1) is 11.8 Å². The first-order valence-corrected chi connectivity index (χ1v) is 7.02. The fraction of sp³-hybridized carbons (Fsp3) is 0.714. The van der Waals surface area contributed by atoms with Crippen LogP contribution in [0.15, 0.2) is 10.6 Å².